The highest BCUT2D eigenvalue weighted by Gasteiger charge is 2.71. The van der Waals surface area contributed by atoms with Crippen LogP contribution in [0.4, 0.5) is 0 Å². The highest BCUT2D eigenvalue weighted by atomic mass is 16.5. The van der Waals surface area contributed by atoms with Crippen LogP contribution < -0.4 is 0 Å². The summed E-state index contributed by atoms with van der Waals surface area (Å²) < 4.78 is 6.23. The summed E-state index contributed by atoms with van der Waals surface area (Å²) in [5.41, 5.74) is 1.45. The molecule has 1 heteroatoms. The molecule has 0 radical (unpaired) electrons. The molecule has 19 heavy (non-hydrogen) atoms. The van der Waals surface area contributed by atoms with Crippen LogP contribution in [0, 0.1) is 23.2 Å². The van der Waals surface area contributed by atoms with Crippen LogP contribution in [0.3, 0.4) is 0 Å². The summed E-state index contributed by atoms with van der Waals surface area (Å²) in [5, 5.41) is 0. The molecule has 0 aromatic heterocycles. The van der Waals surface area contributed by atoms with Gasteiger partial charge in [0.1, 0.15) is 0 Å². The molecule has 0 amide bonds. The van der Waals surface area contributed by atoms with E-state index < -0.39 is 0 Å². The lowest BCUT2D eigenvalue weighted by Gasteiger charge is -2.38. The van der Waals surface area contributed by atoms with Crippen LogP contribution in [-0.2, 0) is 4.74 Å². The third-order valence-electron chi connectivity index (χ3n) is 5.34. The van der Waals surface area contributed by atoms with Crippen molar-refractivity contribution in [3.8, 4) is 11.8 Å². The van der Waals surface area contributed by atoms with Crippen molar-refractivity contribution in [1.29, 1.82) is 0 Å². The highest BCUT2D eigenvalue weighted by molar-refractivity contribution is 5.41. The molecule has 0 bridgehead atoms. The van der Waals surface area contributed by atoms with Crippen LogP contribution >= 0.6 is 0 Å². The predicted octanol–water partition coefficient (Wildman–Crippen LogP) is 3.78. The van der Waals surface area contributed by atoms with E-state index in [1.54, 1.807) is 0 Å². The van der Waals surface area contributed by atoms with E-state index in [0.29, 0.717) is 5.92 Å². The van der Waals surface area contributed by atoms with Gasteiger partial charge in [-0.3, -0.25) is 0 Å². The number of hydrogen-bond donors (Lipinski definition) is 0. The van der Waals surface area contributed by atoms with E-state index in [4.69, 9.17) is 4.74 Å². The number of hydrogen-bond acceptors (Lipinski definition) is 1. The Bertz CT molecular complexity index is 530. The molecule has 3 fully saturated rings. The zero-order valence-electron chi connectivity index (χ0n) is 11.3. The van der Waals surface area contributed by atoms with Gasteiger partial charge in [0.2, 0.25) is 0 Å². The van der Waals surface area contributed by atoms with Crippen LogP contribution in [0.15, 0.2) is 30.3 Å². The first-order valence-corrected chi connectivity index (χ1v) is 7.57. The fraction of sp³-hybridized carbons (Fsp3) is 0.556. The van der Waals surface area contributed by atoms with Crippen molar-refractivity contribution in [2.45, 2.75) is 44.1 Å². The Morgan fingerprint density at radius 2 is 1.84 bits per heavy atom. The molecule has 4 rings (SSSR count). The van der Waals surface area contributed by atoms with Gasteiger partial charge in [0, 0.05) is 11.5 Å². The van der Waals surface area contributed by atoms with Gasteiger partial charge in [-0.05, 0) is 31.4 Å². The molecule has 1 heterocycles. The molecule has 0 N–H and O–H groups in total. The number of rotatable bonds is 0. The van der Waals surface area contributed by atoms with E-state index in [1.165, 1.54) is 38.5 Å². The van der Waals surface area contributed by atoms with Gasteiger partial charge < -0.3 is 4.74 Å². The summed E-state index contributed by atoms with van der Waals surface area (Å²) in [5.74, 6) is 7.75. The summed E-state index contributed by atoms with van der Waals surface area (Å²) in [6, 6.07) is 10.4. The molecule has 1 nitrogen and oxygen atoms in total. The van der Waals surface area contributed by atoms with E-state index in [9.17, 15) is 0 Å². The first kappa shape index (κ1) is 11.6. The molecule has 1 aromatic carbocycles. The maximum absolute atomic E-state index is 6.23. The molecule has 1 aliphatic heterocycles. The second-order valence-electron chi connectivity index (χ2n) is 6.35. The van der Waals surface area contributed by atoms with E-state index in [0.717, 1.165) is 12.2 Å². The Morgan fingerprint density at radius 3 is 2.58 bits per heavy atom. The van der Waals surface area contributed by atoms with E-state index >= 15 is 0 Å². The van der Waals surface area contributed by atoms with Gasteiger partial charge >= 0.3 is 0 Å². The van der Waals surface area contributed by atoms with Crippen molar-refractivity contribution in [2.24, 2.45) is 11.3 Å². The van der Waals surface area contributed by atoms with Crippen molar-refractivity contribution in [3.05, 3.63) is 35.9 Å². The van der Waals surface area contributed by atoms with Gasteiger partial charge in [0.25, 0.3) is 0 Å². The molecule has 3 aliphatic rings. The zero-order chi connectivity index (χ0) is 12.8. The predicted molar refractivity (Wildman–Crippen MR) is 75.6 cm³/mol. The first-order valence-electron chi connectivity index (χ1n) is 7.57. The minimum absolute atomic E-state index is 0.109. The number of fused-ring (bicyclic) bond motifs is 2. The Morgan fingerprint density at radius 1 is 1.05 bits per heavy atom. The Hall–Kier alpha value is -1.26. The molecule has 1 saturated heterocycles. The maximum Gasteiger partial charge on any atom is 0.0851 e. The topological polar surface area (TPSA) is 9.23 Å². The summed E-state index contributed by atoms with van der Waals surface area (Å²) in [7, 11) is 0. The molecule has 2 unspecified atom stereocenters. The average molecular weight is 252 g/mol. The number of benzene rings is 1. The molecule has 2 atom stereocenters. The summed E-state index contributed by atoms with van der Waals surface area (Å²) >= 11 is 0. The lowest BCUT2D eigenvalue weighted by Crippen LogP contribution is -2.40. The van der Waals surface area contributed by atoms with Crippen molar-refractivity contribution in [1.82, 2.24) is 0 Å². The molecule has 1 spiro atoms. The highest BCUT2D eigenvalue weighted by Crippen LogP contribution is 2.68. The minimum Gasteiger partial charge on any atom is -0.373 e. The van der Waals surface area contributed by atoms with Crippen molar-refractivity contribution in [2.75, 3.05) is 6.61 Å². The smallest absolute Gasteiger partial charge is 0.0851 e. The van der Waals surface area contributed by atoms with Gasteiger partial charge in [-0.2, -0.15) is 0 Å². The second kappa shape index (κ2) is 4.12. The number of ether oxygens (including phenoxy) is 1. The SMILES string of the molecule is C(#CC12CC1COC21CCCCC1)c1ccccc1. The van der Waals surface area contributed by atoms with Crippen LogP contribution in [0.5, 0.6) is 0 Å². The monoisotopic (exact) mass is 252 g/mol. The standard InChI is InChI=1S/C18H20O/c1-3-7-15(8-4-1)9-12-17-13-16(17)14-19-18(17)10-5-2-6-11-18/h1,3-4,7-8,16H,2,5-6,10-11,13-14H2. The van der Waals surface area contributed by atoms with Gasteiger partial charge in [-0.1, -0.05) is 49.3 Å². The molecular formula is C18H20O. The van der Waals surface area contributed by atoms with Gasteiger partial charge in [0.15, 0.2) is 0 Å². The fourth-order valence-corrected chi connectivity index (χ4v) is 4.16. The minimum atomic E-state index is 0.109. The fourth-order valence-electron chi connectivity index (χ4n) is 4.16. The molecule has 2 saturated carbocycles. The van der Waals surface area contributed by atoms with Crippen molar-refractivity contribution in [3.63, 3.8) is 0 Å². The third kappa shape index (κ3) is 1.66. The second-order valence-corrected chi connectivity index (χ2v) is 6.35. The Kier molecular flexibility index (Phi) is 2.50. The van der Waals surface area contributed by atoms with Gasteiger partial charge in [-0.15, -0.1) is 0 Å². The van der Waals surface area contributed by atoms with Crippen LogP contribution in [-0.4, -0.2) is 12.2 Å². The van der Waals surface area contributed by atoms with Gasteiger partial charge in [-0.25, -0.2) is 0 Å². The molecule has 1 aromatic rings. The Labute approximate surface area is 115 Å². The van der Waals surface area contributed by atoms with Crippen LogP contribution in [0.1, 0.15) is 44.1 Å². The molecule has 2 aliphatic carbocycles. The van der Waals surface area contributed by atoms with E-state index in [-0.39, 0.29) is 11.0 Å². The third-order valence-corrected chi connectivity index (χ3v) is 5.34. The van der Waals surface area contributed by atoms with E-state index in [2.05, 4.69) is 36.1 Å². The van der Waals surface area contributed by atoms with Gasteiger partial charge in [0.05, 0.1) is 17.6 Å². The van der Waals surface area contributed by atoms with Crippen molar-refractivity contribution < 1.29 is 4.74 Å². The Balaban J connectivity index is 1.65. The summed E-state index contributed by atoms with van der Waals surface area (Å²) in [4.78, 5) is 0. The molecule has 98 valence electrons. The summed E-state index contributed by atoms with van der Waals surface area (Å²) in [6.45, 7) is 0.948. The maximum atomic E-state index is 6.23. The quantitative estimate of drug-likeness (QED) is 0.639. The zero-order valence-corrected chi connectivity index (χ0v) is 11.3. The summed E-state index contributed by atoms with van der Waals surface area (Å²) in [6.07, 6.45) is 7.74. The van der Waals surface area contributed by atoms with Crippen LogP contribution in [0.2, 0.25) is 0 Å². The lowest BCUT2D eigenvalue weighted by atomic mass is 9.73. The van der Waals surface area contributed by atoms with Crippen molar-refractivity contribution >= 4 is 0 Å². The van der Waals surface area contributed by atoms with E-state index in [1.807, 2.05) is 6.07 Å². The lowest BCUT2D eigenvalue weighted by molar-refractivity contribution is -0.0657. The average Bonchev–Trinajstić information content (AvgIpc) is 3.14. The first-order chi connectivity index (χ1) is 9.35. The normalized spacial score (nSPS) is 34.4. The van der Waals surface area contributed by atoms with Crippen LogP contribution in [0.25, 0.3) is 0 Å². The molecular weight excluding hydrogens is 232 g/mol. The largest absolute Gasteiger partial charge is 0.373 e.